The number of likely N-dealkylation sites (tertiary alicyclic amines) is 2. The van der Waals surface area contributed by atoms with Gasteiger partial charge in [-0.2, -0.15) is 0 Å². The van der Waals surface area contributed by atoms with E-state index in [-0.39, 0.29) is 35.6 Å². The molecule has 2 aliphatic rings. The van der Waals surface area contributed by atoms with Crippen molar-refractivity contribution in [2.75, 3.05) is 26.7 Å². The van der Waals surface area contributed by atoms with Crippen molar-refractivity contribution in [2.45, 2.75) is 70.5 Å². The van der Waals surface area contributed by atoms with Crippen molar-refractivity contribution in [3.63, 3.8) is 0 Å². The number of non-ortho nitro benzene ring substituents is 1. The molecular formula is C23H37N3O5Si. The van der Waals surface area contributed by atoms with Gasteiger partial charge in [0.15, 0.2) is 8.32 Å². The highest BCUT2D eigenvalue weighted by molar-refractivity contribution is 6.74. The van der Waals surface area contributed by atoms with Crippen LogP contribution in [-0.4, -0.2) is 68.0 Å². The Morgan fingerprint density at radius 2 is 1.88 bits per heavy atom. The van der Waals surface area contributed by atoms with E-state index in [1.54, 1.807) is 12.1 Å². The van der Waals surface area contributed by atoms with Crippen LogP contribution in [0.4, 0.5) is 10.5 Å². The molecule has 0 bridgehead atoms. The van der Waals surface area contributed by atoms with Crippen LogP contribution in [0.1, 0.15) is 39.2 Å². The van der Waals surface area contributed by atoms with E-state index in [9.17, 15) is 14.9 Å². The zero-order chi connectivity index (χ0) is 23.7. The second-order valence-corrected chi connectivity index (χ2v) is 15.5. The first-order chi connectivity index (χ1) is 14.9. The first-order valence-corrected chi connectivity index (χ1v) is 14.3. The number of nitro benzene ring substituents is 1. The number of carbonyl (C=O) groups is 1. The predicted octanol–water partition coefficient (Wildman–Crippen LogP) is 4.65. The predicted molar refractivity (Wildman–Crippen MR) is 126 cm³/mol. The minimum absolute atomic E-state index is 0.0238. The third-order valence-corrected chi connectivity index (χ3v) is 11.8. The Kier molecular flexibility index (Phi) is 7.31. The number of nitro groups is 1. The molecule has 0 aliphatic carbocycles. The molecule has 8 nitrogen and oxygen atoms in total. The molecule has 1 aromatic rings. The van der Waals surface area contributed by atoms with E-state index < -0.39 is 13.2 Å². The number of nitrogens with zero attached hydrogens (tertiary/aromatic N) is 3. The van der Waals surface area contributed by atoms with Crippen LogP contribution in [0.2, 0.25) is 18.1 Å². The van der Waals surface area contributed by atoms with E-state index in [0.29, 0.717) is 12.5 Å². The molecular weight excluding hydrogens is 426 g/mol. The van der Waals surface area contributed by atoms with Crippen molar-refractivity contribution >= 4 is 20.1 Å². The van der Waals surface area contributed by atoms with Crippen molar-refractivity contribution in [1.82, 2.24) is 9.80 Å². The largest absolute Gasteiger partial charge is 0.445 e. The van der Waals surface area contributed by atoms with Crippen LogP contribution >= 0.6 is 0 Å². The smallest absolute Gasteiger partial charge is 0.410 e. The van der Waals surface area contributed by atoms with E-state index >= 15 is 0 Å². The molecule has 0 spiro atoms. The summed E-state index contributed by atoms with van der Waals surface area (Å²) in [6.45, 7) is 13.9. The standard InChI is InChI=1S/C23H37N3O5Si/c1-23(2,3)32(5,6)31-20-13-21(18-11-12-24(4)14-18)25(15-20)22(27)30-16-17-7-9-19(10-8-17)26(28)29/h7-10,18,20-21H,11-16H2,1-6H3/t18-,20+,21-/m0/s1. The van der Waals surface area contributed by atoms with Crippen LogP contribution < -0.4 is 0 Å². The SMILES string of the molecule is CN1CC[C@H]([C@@H]2C[C@@H](O[Si](C)(C)C(C)(C)C)CN2C(=O)OCc2ccc([N+](=O)[O-])cc2)C1. The molecule has 2 heterocycles. The zero-order valence-electron chi connectivity index (χ0n) is 20.2. The molecule has 3 atom stereocenters. The molecule has 3 rings (SSSR count). The van der Waals surface area contributed by atoms with Gasteiger partial charge in [0, 0.05) is 31.3 Å². The van der Waals surface area contributed by atoms with Crippen LogP contribution in [0.15, 0.2) is 24.3 Å². The van der Waals surface area contributed by atoms with E-state index in [0.717, 1.165) is 31.5 Å². The van der Waals surface area contributed by atoms with Crippen molar-refractivity contribution < 1.29 is 18.9 Å². The molecule has 0 saturated carbocycles. The molecule has 0 N–H and O–H groups in total. The molecule has 178 valence electrons. The van der Waals surface area contributed by atoms with Crippen molar-refractivity contribution in [3.8, 4) is 0 Å². The van der Waals surface area contributed by atoms with Gasteiger partial charge < -0.3 is 19.0 Å². The fourth-order valence-corrected chi connectivity index (χ4v) is 5.74. The summed E-state index contributed by atoms with van der Waals surface area (Å²) in [4.78, 5) is 27.7. The van der Waals surface area contributed by atoms with Crippen molar-refractivity contribution in [2.24, 2.45) is 5.92 Å². The lowest BCUT2D eigenvalue weighted by Crippen LogP contribution is -2.45. The summed E-state index contributed by atoms with van der Waals surface area (Å²) < 4.78 is 12.3. The molecule has 0 aromatic heterocycles. The molecule has 1 amide bonds. The number of benzene rings is 1. The second-order valence-electron chi connectivity index (χ2n) is 10.7. The van der Waals surface area contributed by atoms with Gasteiger partial charge in [-0.3, -0.25) is 10.1 Å². The number of hydrogen-bond donors (Lipinski definition) is 0. The second kappa shape index (κ2) is 9.49. The molecule has 0 unspecified atom stereocenters. The minimum Gasteiger partial charge on any atom is -0.445 e. The number of amides is 1. The van der Waals surface area contributed by atoms with Gasteiger partial charge in [-0.1, -0.05) is 20.8 Å². The highest BCUT2D eigenvalue weighted by Crippen LogP contribution is 2.40. The number of ether oxygens (including phenoxy) is 1. The van der Waals surface area contributed by atoms with Gasteiger partial charge in [-0.15, -0.1) is 0 Å². The lowest BCUT2D eigenvalue weighted by atomic mass is 9.96. The van der Waals surface area contributed by atoms with Gasteiger partial charge in [0.1, 0.15) is 6.61 Å². The zero-order valence-corrected chi connectivity index (χ0v) is 21.2. The summed E-state index contributed by atoms with van der Waals surface area (Å²) in [7, 11) is 0.174. The average Bonchev–Trinajstić information content (AvgIpc) is 3.31. The van der Waals surface area contributed by atoms with Crippen LogP contribution in [0.25, 0.3) is 0 Å². The minimum atomic E-state index is -1.95. The third kappa shape index (κ3) is 5.68. The highest BCUT2D eigenvalue weighted by atomic mass is 28.4. The topological polar surface area (TPSA) is 85.2 Å². The van der Waals surface area contributed by atoms with Crippen LogP contribution in [0.3, 0.4) is 0 Å². The molecule has 2 aliphatic heterocycles. The lowest BCUT2D eigenvalue weighted by molar-refractivity contribution is -0.384. The lowest BCUT2D eigenvalue weighted by Gasteiger charge is -2.38. The first kappa shape index (κ1) is 24.7. The Labute approximate surface area is 192 Å². The maximum Gasteiger partial charge on any atom is 0.410 e. The Balaban J connectivity index is 1.68. The first-order valence-electron chi connectivity index (χ1n) is 11.4. The number of carbonyl (C=O) groups excluding carboxylic acids is 1. The fourth-order valence-electron chi connectivity index (χ4n) is 4.39. The Morgan fingerprint density at radius 3 is 2.41 bits per heavy atom. The van der Waals surface area contributed by atoms with Gasteiger partial charge in [-0.05, 0) is 68.2 Å². The van der Waals surface area contributed by atoms with E-state index in [2.05, 4.69) is 45.8 Å². The average molecular weight is 464 g/mol. The van der Waals surface area contributed by atoms with Crippen LogP contribution in [0, 0.1) is 16.0 Å². The maximum absolute atomic E-state index is 13.1. The quantitative estimate of drug-likeness (QED) is 0.347. The fraction of sp³-hybridized carbons (Fsp3) is 0.696. The van der Waals surface area contributed by atoms with E-state index in [1.807, 2.05) is 4.90 Å². The summed E-state index contributed by atoms with van der Waals surface area (Å²) in [5, 5.41) is 10.9. The third-order valence-electron chi connectivity index (χ3n) is 7.29. The van der Waals surface area contributed by atoms with Crippen molar-refractivity contribution in [1.29, 1.82) is 0 Å². The molecule has 32 heavy (non-hydrogen) atoms. The molecule has 0 radical (unpaired) electrons. The van der Waals surface area contributed by atoms with Gasteiger partial charge in [0.25, 0.3) is 5.69 Å². The monoisotopic (exact) mass is 463 g/mol. The Hall–Kier alpha value is -1.97. The van der Waals surface area contributed by atoms with Gasteiger partial charge in [-0.25, -0.2) is 4.79 Å². The maximum atomic E-state index is 13.1. The summed E-state index contributed by atoms with van der Waals surface area (Å²) in [6, 6.07) is 6.22. The summed E-state index contributed by atoms with van der Waals surface area (Å²) >= 11 is 0. The number of hydrogen-bond acceptors (Lipinski definition) is 6. The molecule has 2 saturated heterocycles. The Morgan fingerprint density at radius 1 is 1.22 bits per heavy atom. The summed E-state index contributed by atoms with van der Waals surface area (Å²) in [6.07, 6.45) is 1.61. The summed E-state index contributed by atoms with van der Waals surface area (Å²) in [5.41, 5.74) is 0.755. The van der Waals surface area contributed by atoms with Crippen molar-refractivity contribution in [3.05, 3.63) is 39.9 Å². The van der Waals surface area contributed by atoms with E-state index in [1.165, 1.54) is 12.1 Å². The summed E-state index contributed by atoms with van der Waals surface area (Å²) in [5.74, 6) is 0.417. The van der Waals surface area contributed by atoms with Gasteiger partial charge in [0.2, 0.25) is 0 Å². The Bertz CT molecular complexity index is 824. The molecule has 1 aromatic carbocycles. The molecule has 2 fully saturated rings. The van der Waals surface area contributed by atoms with Crippen LogP contribution in [-0.2, 0) is 15.8 Å². The van der Waals surface area contributed by atoms with Gasteiger partial charge >= 0.3 is 6.09 Å². The normalized spacial score (nSPS) is 24.7. The molecule has 9 heteroatoms. The van der Waals surface area contributed by atoms with E-state index in [4.69, 9.17) is 9.16 Å². The van der Waals surface area contributed by atoms with Crippen LogP contribution in [0.5, 0.6) is 0 Å². The van der Waals surface area contributed by atoms with Gasteiger partial charge in [0.05, 0.1) is 11.0 Å². The number of rotatable bonds is 6. The highest BCUT2D eigenvalue weighted by Gasteiger charge is 2.46.